The van der Waals surface area contributed by atoms with Gasteiger partial charge in [0, 0.05) is 18.7 Å². The van der Waals surface area contributed by atoms with Gasteiger partial charge in [0.1, 0.15) is 0 Å². The number of carbonyl (C=O) groups excluding carboxylic acids is 1. The van der Waals surface area contributed by atoms with Crippen molar-refractivity contribution in [2.45, 2.75) is 27.2 Å². The van der Waals surface area contributed by atoms with Crippen molar-refractivity contribution < 1.29 is 4.79 Å². The number of hydrogen-bond donors (Lipinski definition) is 1. The number of H-pyrrole nitrogens is 1. The quantitative estimate of drug-likeness (QED) is 0.666. The molecule has 1 aliphatic rings. The number of aryl methyl sites for hydroxylation is 1. The van der Waals surface area contributed by atoms with Gasteiger partial charge in [0.15, 0.2) is 4.77 Å². The fourth-order valence-corrected chi connectivity index (χ4v) is 4.14. The number of likely N-dealkylation sites (tertiary alicyclic amines) is 1. The van der Waals surface area contributed by atoms with Gasteiger partial charge in [0.05, 0.1) is 16.6 Å². The SMILES string of the molecule is Cc1cccc(-n2c(=S)[nH]c3cc(C(=O)N4CCC(C)C4)ccc3c2=O)c1C. The Labute approximate surface area is 168 Å². The first-order valence-electron chi connectivity index (χ1n) is 9.52. The van der Waals surface area contributed by atoms with Crippen molar-refractivity contribution in [1.82, 2.24) is 14.5 Å². The van der Waals surface area contributed by atoms with E-state index in [0.717, 1.165) is 36.3 Å². The van der Waals surface area contributed by atoms with Gasteiger partial charge in [-0.15, -0.1) is 0 Å². The van der Waals surface area contributed by atoms with Crippen LogP contribution in [0, 0.1) is 24.5 Å². The van der Waals surface area contributed by atoms with Gasteiger partial charge in [-0.25, -0.2) is 0 Å². The summed E-state index contributed by atoms with van der Waals surface area (Å²) in [7, 11) is 0. The number of aromatic nitrogens is 2. The van der Waals surface area contributed by atoms with Crippen LogP contribution in [-0.2, 0) is 0 Å². The molecule has 1 fully saturated rings. The van der Waals surface area contributed by atoms with Crippen LogP contribution in [-0.4, -0.2) is 33.4 Å². The van der Waals surface area contributed by atoms with Gasteiger partial charge >= 0.3 is 0 Å². The molecule has 5 nitrogen and oxygen atoms in total. The Morgan fingerprint density at radius 2 is 2.00 bits per heavy atom. The third-order valence-corrected chi connectivity index (χ3v) is 5.96. The van der Waals surface area contributed by atoms with E-state index in [2.05, 4.69) is 11.9 Å². The molecule has 1 amide bonds. The normalized spacial score (nSPS) is 16.7. The van der Waals surface area contributed by atoms with Crippen LogP contribution >= 0.6 is 12.2 Å². The number of hydrogen-bond acceptors (Lipinski definition) is 3. The zero-order valence-electron chi connectivity index (χ0n) is 16.3. The second kappa shape index (κ2) is 7.02. The highest BCUT2D eigenvalue weighted by Crippen LogP contribution is 2.21. The average molecular weight is 394 g/mol. The molecule has 2 aromatic carbocycles. The molecule has 0 bridgehead atoms. The van der Waals surface area contributed by atoms with Crippen LogP contribution in [0.4, 0.5) is 0 Å². The summed E-state index contributed by atoms with van der Waals surface area (Å²) >= 11 is 5.50. The van der Waals surface area contributed by atoms with E-state index >= 15 is 0 Å². The molecule has 1 atom stereocenters. The number of amides is 1. The van der Waals surface area contributed by atoms with Crippen LogP contribution < -0.4 is 5.56 Å². The van der Waals surface area contributed by atoms with Gasteiger partial charge in [-0.05, 0) is 73.8 Å². The molecule has 1 aliphatic heterocycles. The molecule has 28 heavy (non-hydrogen) atoms. The Bertz CT molecular complexity index is 1210. The van der Waals surface area contributed by atoms with E-state index in [0.29, 0.717) is 27.2 Å². The molecule has 1 unspecified atom stereocenters. The first kappa shape index (κ1) is 18.6. The first-order chi connectivity index (χ1) is 13.4. The molecule has 1 N–H and O–H groups in total. The average Bonchev–Trinajstić information content (AvgIpc) is 3.10. The van der Waals surface area contributed by atoms with Gasteiger partial charge in [0.2, 0.25) is 0 Å². The second-order valence-corrected chi connectivity index (χ2v) is 8.08. The first-order valence-corrected chi connectivity index (χ1v) is 9.92. The number of fused-ring (bicyclic) bond motifs is 1. The maximum Gasteiger partial charge on any atom is 0.266 e. The summed E-state index contributed by atoms with van der Waals surface area (Å²) in [4.78, 5) is 31.0. The highest BCUT2D eigenvalue weighted by molar-refractivity contribution is 7.71. The summed E-state index contributed by atoms with van der Waals surface area (Å²) < 4.78 is 1.86. The smallest absolute Gasteiger partial charge is 0.266 e. The lowest BCUT2D eigenvalue weighted by atomic mass is 10.1. The lowest BCUT2D eigenvalue weighted by Crippen LogP contribution is -2.28. The standard InChI is InChI=1S/C22H23N3O2S/c1-13-9-10-24(12-13)20(26)16-7-8-17-18(11-16)23-22(28)25(21(17)27)19-6-4-5-14(2)15(19)3/h4-8,11,13H,9-10,12H2,1-3H3,(H,23,28). The molecule has 3 aromatic rings. The van der Waals surface area contributed by atoms with Crippen LogP contribution in [0.2, 0.25) is 0 Å². The van der Waals surface area contributed by atoms with Crippen molar-refractivity contribution in [3.05, 3.63) is 68.2 Å². The zero-order chi connectivity index (χ0) is 20.0. The highest BCUT2D eigenvalue weighted by atomic mass is 32.1. The van der Waals surface area contributed by atoms with Crippen LogP contribution in [0.1, 0.15) is 34.8 Å². The topological polar surface area (TPSA) is 58.1 Å². The fraction of sp³-hybridized carbons (Fsp3) is 0.318. The molecule has 2 heterocycles. The monoisotopic (exact) mass is 393 g/mol. The van der Waals surface area contributed by atoms with Crippen LogP contribution in [0.25, 0.3) is 16.6 Å². The van der Waals surface area contributed by atoms with Crippen LogP contribution in [0.5, 0.6) is 0 Å². The molecule has 0 radical (unpaired) electrons. The minimum Gasteiger partial charge on any atom is -0.338 e. The van der Waals surface area contributed by atoms with Gasteiger partial charge in [0.25, 0.3) is 11.5 Å². The Morgan fingerprint density at radius 3 is 2.71 bits per heavy atom. The Kier molecular flexibility index (Phi) is 4.67. The summed E-state index contributed by atoms with van der Waals surface area (Å²) in [6.45, 7) is 7.70. The Morgan fingerprint density at radius 1 is 1.21 bits per heavy atom. The third kappa shape index (κ3) is 3.07. The zero-order valence-corrected chi connectivity index (χ0v) is 17.1. The van der Waals surface area contributed by atoms with E-state index in [1.165, 1.54) is 4.57 Å². The maximum absolute atomic E-state index is 13.2. The minimum atomic E-state index is -0.179. The number of nitrogens with zero attached hydrogens (tertiary/aromatic N) is 2. The van der Waals surface area contributed by atoms with E-state index in [-0.39, 0.29) is 11.5 Å². The maximum atomic E-state index is 13.2. The number of carbonyl (C=O) groups is 1. The molecule has 4 rings (SSSR count). The summed E-state index contributed by atoms with van der Waals surface area (Å²) in [5.74, 6) is 0.532. The fourth-order valence-electron chi connectivity index (χ4n) is 3.85. The Balaban J connectivity index is 1.83. The minimum absolute atomic E-state index is 0.00396. The van der Waals surface area contributed by atoms with E-state index in [1.54, 1.807) is 18.2 Å². The van der Waals surface area contributed by atoms with E-state index in [9.17, 15) is 9.59 Å². The summed E-state index contributed by atoms with van der Waals surface area (Å²) in [6.07, 6.45) is 1.03. The molecule has 1 aromatic heterocycles. The lowest BCUT2D eigenvalue weighted by Gasteiger charge is -2.16. The molecular weight excluding hydrogens is 370 g/mol. The van der Waals surface area contributed by atoms with Crippen molar-refractivity contribution in [2.75, 3.05) is 13.1 Å². The molecule has 144 valence electrons. The van der Waals surface area contributed by atoms with Crippen LogP contribution in [0.3, 0.4) is 0 Å². The van der Waals surface area contributed by atoms with Crippen LogP contribution in [0.15, 0.2) is 41.2 Å². The van der Waals surface area contributed by atoms with Gasteiger partial charge in [-0.1, -0.05) is 19.1 Å². The molecule has 0 aliphatic carbocycles. The van der Waals surface area contributed by atoms with Crippen molar-refractivity contribution in [3.8, 4) is 5.69 Å². The predicted molar refractivity (Wildman–Crippen MR) is 114 cm³/mol. The van der Waals surface area contributed by atoms with E-state index in [4.69, 9.17) is 12.2 Å². The molecule has 0 spiro atoms. The van der Waals surface area contributed by atoms with E-state index in [1.807, 2.05) is 36.9 Å². The summed E-state index contributed by atoms with van der Waals surface area (Å²) in [5.41, 5.74) is 3.88. The number of benzene rings is 2. The number of aromatic amines is 1. The Hall–Kier alpha value is -2.73. The molecule has 1 saturated heterocycles. The molecular formula is C22H23N3O2S. The lowest BCUT2D eigenvalue weighted by molar-refractivity contribution is 0.0788. The van der Waals surface area contributed by atoms with Crippen molar-refractivity contribution in [2.24, 2.45) is 5.92 Å². The highest BCUT2D eigenvalue weighted by Gasteiger charge is 2.24. The molecule has 0 saturated carbocycles. The molecule has 6 heteroatoms. The van der Waals surface area contributed by atoms with Gasteiger partial charge < -0.3 is 9.88 Å². The number of rotatable bonds is 2. The van der Waals surface area contributed by atoms with Crippen molar-refractivity contribution in [1.29, 1.82) is 0 Å². The third-order valence-electron chi connectivity index (χ3n) is 5.67. The summed E-state index contributed by atoms with van der Waals surface area (Å²) in [5, 5.41) is 0.515. The van der Waals surface area contributed by atoms with Crippen molar-refractivity contribution in [3.63, 3.8) is 0 Å². The van der Waals surface area contributed by atoms with Gasteiger partial charge in [-0.3, -0.25) is 14.2 Å². The largest absolute Gasteiger partial charge is 0.338 e. The second-order valence-electron chi connectivity index (χ2n) is 7.70. The number of nitrogens with one attached hydrogen (secondary N) is 1. The predicted octanol–water partition coefficient (Wildman–Crippen LogP) is 4.15. The van der Waals surface area contributed by atoms with Crippen molar-refractivity contribution >= 4 is 29.0 Å². The van der Waals surface area contributed by atoms with E-state index < -0.39 is 0 Å². The summed E-state index contributed by atoms with van der Waals surface area (Å²) in [6, 6.07) is 11.0. The van der Waals surface area contributed by atoms with Gasteiger partial charge in [-0.2, -0.15) is 0 Å².